The third-order valence-electron chi connectivity index (χ3n) is 4.54. The van der Waals surface area contributed by atoms with E-state index in [0.29, 0.717) is 48.2 Å². The summed E-state index contributed by atoms with van der Waals surface area (Å²) in [6.45, 7) is 4.42. The number of methoxy groups -OCH3 is 3. The minimum Gasteiger partial charge on any atom is -0.493 e. The molecule has 7 heteroatoms. The summed E-state index contributed by atoms with van der Waals surface area (Å²) in [6, 6.07) is 3.67. The third kappa shape index (κ3) is 5.52. The molecule has 0 spiro atoms. The number of amides is 2. The number of hydrogen-bond donors (Lipinski definition) is 1. The van der Waals surface area contributed by atoms with E-state index in [9.17, 15) is 9.59 Å². The second kappa shape index (κ2) is 9.48. The molecule has 1 fully saturated rings. The fraction of sp³-hybridized carbons (Fsp3) is 0.600. The largest absolute Gasteiger partial charge is 0.493 e. The maximum absolute atomic E-state index is 13.1. The predicted octanol–water partition coefficient (Wildman–Crippen LogP) is 2.62. The molecule has 0 unspecified atom stereocenters. The smallest absolute Gasteiger partial charge is 0.254 e. The van der Waals surface area contributed by atoms with E-state index in [4.69, 9.17) is 14.2 Å². The van der Waals surface area contributed by atoms with Crippen LogP contribution in [-0.4, -0.2) is 56.7 Å². The number of hydrogen-bond acceptors (Lipinski definition) is 5. The number of benzene rings is 1. The Balaban J connectivity index is 2.09. The van der Waals surface area contributed by atoms with Crippen LogP contribution in [0.4, 0.5) is 0 Å². The maximum Gasteiger partial charge on any atom is 0.254 e. The van der Waals surface area contributed by atoms with Crippen molar-refractivity contribution in [2.24, 2.45) is 0 Å². The molecule has 7 nitrogen and oxygen atoms in total. The first kappa shape index (κ1) is 20.9. The zero-order chi connectivity index (χ0) is 20.0. The van der Waals surface area contributed by atoms with Crippen LogP contribution in [-0.2, 0) is 4.79 Å². The molecule has 1 aliphatic rings. The fourth-order valence-electron chi connectivity index (χ4n) is 2.90. The van der Waals surface area contributed by atoms with Crippen molar-refractivity contribution >= 4 is 11.8 Å². The second-order valence-electron chi connectivity index (χ2n) is 6.95. The van der Waals surface area contributed by atoms with E-state index in [1.165, 1.54) is 21.3 Å². The van der Waals surface area contributed by atoms with Gasteiger partial charge < -0.3 is 24.4 Å². The molecule has 2 amide bonds. The van der Waals surface area contributed by atoms with E-state index in [-0.39, 0.29) is 17.9 Å². The molecule has 2 rings (SSSR count). The summed E-state index contributed by atoms with van der Waals surface area (Å²) >= 11 is 0. The van der Waals surface area contributed by atoms with Crippen molar-refractivity contribution in [2.45, 2.75) is 51.6 Å². The Kier molecular flexibility index (Phi) is 7.33. The van der Waals surface area contributed by atoms with Crippen LogP contribution in [0.5, 0.6) is 17.2 Å². The summed E-state index contributed by atoms with van der Waals surface area (Å²) in [7, 11) is 4.56. The topological polar surface area (TPSA) is 77.1 Å². The Morgan fingerprint density at radius 3 is 2.15 bits per heavy atom. The molecule has 1 aromatic rings. The van der Waals surface area contributed by atoms with Crippen molar-refractivity contribution in [3.05, 3.63) is 17.7 Å². The summed E-state index contributed by atoms with van der Waals surface area (Å²) in [6.07, 6.45) is 3.18. The standard InChI is InChI=1S/C20H30N2O5/c1-13(2)22(10-6-7-18(23)21-15-8-9-15)20(24)14-11-16(25-3)19(27-5)17(12-14)26-4/h11-13,15H,6-10H2,1-5H3,(H,21,23). The molecule has 1 saturated carbocycles. The molecule has 0 aliphatic heterocycles. The van der Waals surface area contributed by atoms with Crippen molar-refractivity contribution in [2.75, 3.05) is 27.9 Å². The van der Waals surface area contributed by atoms with Crippen LogP contribution >= 0.6 is 0 Å². The van der Waals surface area contributed by atoms with Crippen LogP contribution in [0.3, 0.4) is 0 Å². The number of nitrogens with zero attached hydrogens (tertiary/aromatic N) is 1. The molecular formula is C20H30N2O5. The summed E-state index contributed by atoms with van der Waals surface area (Å²) in [4.78, 5) is 26.7. The Hall–Kier alpha value is -2.44. The van der Waals surface area contributed by atoms with Gasteiger partial charge in [-0.15, -0.1) is 0 Å². The van der Waals surface area contributed by atoms with Crippen LogP contribution < -0.4 is 19.5 Å². The highest BCUT2D eigenvalue weighted by Crippen LogP contribution is 2.38. The minimum absolute atomic E-state index is 0.00286. The third-order valence-corrected chi connectivity index (χ3v) is 4.54. The van der Waals surface area contributed by atoms with Crippen molar-refractivity contribution in [1.82, 2.24) is 10.2 Å². The lowest BCUT2D eigenvalue weighted by Gasteiger charge is -2.27. The molecule has 0 bridgehead atoms. The second-order valence-corrected chi connectivity index (χ2v) is 6.95. The monoisotopic (exact) mass is 378 g/mol. The van der Waals surface area contributed by atoms with E-state index in [2.05, 4.69) is 5.32 Å². The average molecular weight is 378 g/mol. The van der Waals surface area contributed by atoms with E-state index < -0.39 is 0 Å². The minimum atomic E-state index is -0.133. The SMILES string of the molecule is COc1cc(C(=O)N(CCCC(=O)NC2CC2)C(C)C)cc(OC)c1OC. The first-order valence-electron chi connectivity index (χ1n) is 9.31. The number of carbonyl (C=O) groups excluding carboxylic acids is 2. The molecule has 0 radical (unpaired) electrons. The van der Waals surface area contributed by atoms with Crippen LogP contribution in [0.1, 0.15) is 49.9 Å². The maximum atomic E-state index is 13.1. The first-order chi connectivity index (χ1) is 12.9. The van der Waals surface area contributed by atoms with E-state index in [1.54, 1.807) is 17.0 Å². The van der Waals surface area contributed by atoms with Gasteiger partial charge in [-0.2, -0.15) is 0 Å². The van der Waals surface area contributed by atoms with Crippen molar-refractivity contribution < 1.29 is 23.8 Å². The number of carbonyl (C=O) groups is 2. The summed E-state index contributed by atoms with van der Waals surface area (Å²) < 4.78 is 16.0. The highest BCUT2D eigenvalue weighted by molar-refractivity contribution is 5.96. The molecule has 1 aromatic carbocycles. The highest BCUT2D eigenvalue weighted by Gasteiger charge is 2.25. The van der Waals surface area contributed by atoms with Gasteiger partial charge in [0, 0.05) is 30.6 Å². The van der Waals surface area contributed by atoms with E-state index >= 15 is 0 Å². The number of nitrogens with one attached hydrogen (secondary N) is 1. The van der Waals surface area contributed by atoms with Gasteiger partial charge >= 0.3 is 0 Å². The van der Waals surface area contributed by atoms with Gasteiger partial charge in [0.2, 0.25) is 11.7 Å². The van der Waals surface area contributed by atoms with Crippen LogP contribution in [0.25, 0.3) is 0 Å². The molecule has 1 aliphatic carbocycles. The molecule has 150 valence electrons. The molecule has 27 heavy (non-hydrogen) atoms. The lowest BCUT2D eigenvalue weighted by atomic mass is 10.1. The van der Waals surface area contributed by atoms with Crippen molar-refractivity contribution in [1.29, 1.82) is 0 Å². The quantitative estimate of drug-likeness (QED) is 0.677. The molecule has 0 atom stereocenters. The average Bonchev–Trinajstić information content (AvgIpc) is 3.46. The zero-order valence-electron chi connectivity index (χ0n) is 16.8. The molecule has 0 heterocycles. The molecule has 0 aromatic heterocycles. The first-order valence-corrected chi connectivity index (χ1v) is 9.31. The fourth-order valence-corrected chi connectivity index (χ4v) is 2.90. The highest BCUT2D eigenvalue weighted by atomic mass is 16.5. The summed E-state index contributed by atoms with van der Waals surface area (Å²) in [5.41, 5.74) is 0.459. The Morgan fingerprint density at radius 1 is 1.11 bits per heavy atom. The van der Waals surface area contributed by atoms with Gasteiger partial charge in [-0.1, -0.05) is 0 Å². The Bertz CT molecular complexity index is 645. The Morgan fingerprint density at radius 2 is 1.70 bits per heavy atom. The number of ether oxygens (including phenoxy) is 3. The molecule has 1 N–H and O–H groups in total. The molecular weight excluding hydrogens is 348 g/mol. The predicted molar refractivity (Wildman–Crippen MR) is 103 cm³/mol. The van der Waals surface area contributed by atoms with Crippen LogP contribution in [0.15, 0.2) is 12.1 Å². The van der Waals surface area contributed by atoms with Gasteiger partial charge in [0.1, 0.15) is 0 Å². The summed E-state index contributed by atoms with van der Waals surface area (Å²) in [5.74, 6) is 1.25. The van der Waals surface area contributed by atoms with Gasteiger partial charge in [0.25, 0.3) is 5.91 Å². The van der Waals surface area contributed by atoms with Crippen molar-refractivity contribution in [3.63, 3.8) is 0 Å². The van der Waals surface area contributed by atoms with Gasteiger partial charge in [-0.3, -0.25) is 9.59 Å². The van der Waals surface area contributed by atoms with Gasteiger partial charge in [0.05, 0.1) is 21.3 Å². The van der Waals surface area contributed by atoms with Gasteiger partial charge in [0.15, 0.2) is 11.5 Å². The lowest BCUT2D eigenvalue weighted by molar-refractivity contribution is -0.121. The normalized spacial score (nSPS) is 13.3. The van der Waals surface area contributed by atoms with Crippen molar-refractivity contribution in [3.8, 4) is 17.2 Å². The number of rotatable bonds is 10. The molecule has 0 saturated heterocycles. The van der Waals surface area contributed by atoms with Gasteiger partial charge in [-0.05, 0) is 45.2 Å². The van der Waals surface area contributed by atoms with E-state index in [0.717, 1.165) is 12.8 Å². The van der Waals surface area contributed by atoms with Gasteiger partial charge in [-0.25, -0.2) is 0 Å². The zero-order valence-corrected chi connectivity index (χ0v) is 16.8. The van der Waals surface area contributed by atoms with Crippen LogP contribution in [0.2, 0.25) is 0 Å². The Labute approximate surface area is 161 Å². The van der Waals surface area contributed by atoms with Crippen LogP contribution in [0, 0.1) is 0 Å². The lowest BCUT2D eigenvalue weighted by Crippen LogP contribution is -2.38. The summed E-state index contributed by atoms with van der Waals surface area (Å²) in [5, 5.41) is 2.97. The van der Waals surface area contributed by atoms with E-state index in [1.807, 2.05) is 13.8 Å².